The molecule has 0 bridgehead atoms. The molecule has 2 atom stereocenters. The monoisotopic (exact) mass is 609 g/mol. The highest BCUT2D eigenvalue weighted by molar-refractivity contribution is 6.07. The molecule has 1 N–H and O–H groups in total. The Bertz CT molecular complexity index is 1430. The number of fused-ring (bicyclic) bond motifs is 1. The maximum atomic E-state index is 14.2. The van der Waals surface area contributed by atoms with Crippen LogP contribution in [-0.2, 0) is 15.7 Å². The maximum Gasteiger partial charge on any atom is 0.416 e. The normalized spacial score (nSPS) is 24.3. The molecular weight excluding hydrogens is 577 g/mol. The van der Waals surface area contributed by atoms with E-state index < -0.39 is 60.3 Å². The van der Waals surface area contributed by atoms with Gasteiger partial charge in [0, 0.05) is 49.8 Å². The summed E-state index contributed by atoms with van der Waals surface area (Å²) in [6.07, 6.45) is -2.61. The lowest BCUT2D eigenvalue weighted by Gasteiger charge is -2.39. The van der Waals surface area contributed by atoms with Crippen molar-refractivity contribution in [3.05, 3.63) is 46.6 Å². The van der Waals surface area contributed by atoms with Crippen LogP contribution in [0, 0.1) is 5.92 Å². The van der Waals surface area contributed by atoms with Gasteiger partial charge in [0.2, 0.25) is 0 Å². The Morgan fingerprint density at radius 3 is 2.47 bits per heavy atom. The van der Waals surface area contributed by atoms with Gasteiger partial charge in [-0.1, -0.05) is 6.07 Å². The van der Waals surface area contributed by atoms with Crippen LogP contribution in [0.4, 0.5) is 27.8 Å². The fraction of sp³-hybridized carbons (Fsp3) is 0.586. The average molecular weight is 610 g/mol. The van der Waals surface area contributed by atoms with Crippen molar-refractivity contribution in [1.29, 1.82) is 0 Å². The van der Waals surface area contributed by atoms with Gasteiger partial charge in [-0.3, -0.25) is 19.3 Å². The predicted molar refractivity (Wildman–Crippen MR) is 143 cm³/mol. The SMILES string of the molecule is CCN1C(=O)C(NC(=O)c2cccc(C(F)(F)F)c2)C(C2CC2)c2c(C(=O)N3CCC(F)(F)C3)nn(C3CCOCC3)c21. The van der Waals surface area contributed by atoms with Crippen molar-refractivity contribution in [3.8, 4) is 0 Å². The summed E-state index contributed by atoms with van der Waals surface area (Å²) in [6, 6.07) is 2.53. The zero-order chi connectivity index (χ0) is 30.7. The molecule has 14 heteroatoms. The standard InChI is InChI=1S/C29H32F5N5O4/c1-2-38-25-21(23(26(41)37-11-10-28(30,31)15-37)36-39(25)19-8-12-43-13-9-19)20(16-6-7-16)22(27(38)42)35-24(40)17-4-3-5-18(14-17)29(32,33)34/h3-5,14,16,19-20,22H,2,6-13,15H2,1H3,(H,35,40). The van der Waals surface area contributed by atoms with Crippen LogP contribution in [0.3, 0.4) is 0 Å². The lowest BCUT2D eigenvalue weighted by Crippen LogP contribution is -2.56. The molecule has 2 saturated heterocycles. The molecule has 4 heterocycles. The molecule has 2 aromatic rings. The highest BCUT2D eigenvalue weighted by Crippen LogP contribution is 2.52. The van der Waals surface area contributed by atoms with Gasteiger partial charge in [-0.05, 0) is 56.7 Å². The first-order valence-electron chi connectivity index (χ1n) is 14.6. The zero-order valence-electron chi connectivity index (χ0n) is 23.5. The van der Waals surface area contributed by atoms with Crippen molar-refractivity contribution >= 4 is 23.5 Å². The summed E-state index contributed by atoms with van der Waals surface area (Å²) in [5.41, 5.74) is -0.871. The van der Waals surface area contributed by atoms with Crippen molar-refractivity contribution in [1.82, 2.24) is 20.0 Å². The third-order valence-electron chi connectivity index (χ3n) is 8.78. The first-order chi connectivity index (χ1) is 20.4. The third-order valence-corrected chi connectivity index (χ3v) is 8.78. The van der Waals surface area contributed by atoms with E-state index in [-0.39, 0.29) is 36.3 Å². The minimum Gasteiger partial charge on any atom is -0.381 e. The molecule has 1 aliphatic carbocycles. The van der Waals surface area contributed by atoms with Crippen LogP contribution in [0.25, 0.3) is 0 Å². The van der Waals surface area contributed by atoms with E-state index in [1.807, 2.05) is 0 Å². The zero-order valence-corrected chi connectivity index (χ0v) is 23.5. The van der Waals surface area contributed by atoms with Gasteiger partial charge in [0.15, 0.2) is 5.69 Å². The minimum absolute atomic E-state index is 0.0274. The van der Waals surface area contributed by atoms with Crippen LogP contribution in [0.1, 0.15) is 83.0 Å². The van der Waals surface area contributed by atoms with Crippen LogP contribution in [-0.4, -0.2) is 77.2 Å². The van der Waals surface area contributed by atoms with Gasteiger partial charge in [0.25, 0.3) is 23.6 Å². The van der Waals surface area contributed by atoms with Crippen molar-refractivity contribution in [2.45, 2.75) is 69.1 Å². The summed E-state index contributed by atoms with van der Waals surface area (Å²) in [5.74, 6) is -5.44. The van der Waals surface area contributed by atoms with Gasteiger partial charge in [0.05, 0.1) is 18.2 Å². The Morgan fingerprint density at radius 1 is 1.14 bits per heavy atom. The van der Waals surface area contributed by atoms with E-state index in [2.05, 4.69) is 5.32 Å². The second-order valence-electron chi connectivity index (χ2n) is 11.7. The first kappa shape index (κ1) is 29.5. The molecule has 1 aromatic heterocycles. The predicted octanol–water partition coefficient (Wildman–Crippen LogP) is 4.39. The van der Waals surface area contributed by atoms with Crippen molar-refractivity contribution in [2.75, 3.05) is 37.7 Å². The molecule has 2 unspecified atom stereocenters. The summed E-state index contributed by atoms with van der Waals surface area (Å²) >= 11 is 0. The Labute approximate surface area is 244 Å². The van der Waals surface area contributed by atoms with Gasteiger partial charge in [-0.25, -0.2) is 13.5 Å². The third kappa shape index (κ3) is 5.49. The fourth-order valence-corrected chi connectivity index (χ4v) is 6.49. The number of likely N-dealkylation sites (N-methyl/N-ethyl adjacent to an activating group) is 1. The Hall–Kier alpha value is -3.55. The van der Waals surface area contributed by atoms with Gasteiger partial charge in [-0.15, -0.1) is 0 Å². The van der Waals surface area contributed by atoms with Crippen LogP contribution >= 0.6 is 0 Å². The lowest BCUT2D eigenvalue weighted by atomic mass is 9.82. The molecule has 4 aliphatic rings. The molecule has 6 rings (SSSR count). The number of hydrogen-bond donors (Lipinski definition) is 1. The summed E-state index contributed by atoms with van der Waals surface area (Å²) in [4.78, 5) is 43.8. The Kier molecular flexibility index (Phi) is 7.46. The largest absolute Gasteiger partial charge is 0.416 e. The number of rotatable bonds is 6. The number of anilines is 1. The molecule has 3 fully saturated rings. The van der Waals surface area contributed by atoms with E-state index >= 15 is 0 Å². The molecule has 1 aromatic carbocycles. The number of aromatic nitrogens is 2. The molecule has 1 saturated carbocycles. The van der Waals surface area contributed by atoms with Crippen molar-refractivity contribution < 1.29 is 41.1 Å². The first-order valence-corrected chi connectivity index (χ1v) is 14.6. The molecule has 232 valence electrons. The fourth-order valence-electron chi connectivity index (χ4n) is 6.49. The molecule has 43 heavy (non-hydrogen) atoms. The van der Waals surface area contributed by atoms with Gasteiger partial charge < -0.3 is 15.0 Å². The number of nitrogens with zero attached hydrogens (tertiary/aromatic N) is 4. The number of alkyl halides is 5. The van der Waals surface area contributed by atoms with Gasteiger partial charge in [-0.2, -0.15) is 18.3 Å². The van der Waals surface area contributed by atoms with Crippen molar-refractivity contribution in [2.24, 2.45) is 5.92 Å². The maximum absolute atomic E-state index is 14.2. The number of nitrogens with one attached hydrogen (secondary N) is 1. The molecule has 3 aliphatic heterocycles. The Balaban J connectivity index is 1.44. The number of amides is 3. The topological polar surface area (TPSA) is 96.8 Å². The number of benzene rings is 1. The van der Waals surface area contributed by atoms with Gasteiger partial charge >= 0.3 is 6.18 Å². The molecule has 3 amide bonds. The Morgan fingerprint density at radius 2 is 1.86 bits per heavy atom. The summed E-state index contributed by atoms with van der Waals surface area (Å²) in [6.45, 7) is 1.89. The second-order valence-corrected chi connectivity index (χ2v) is 11.7. The number of ether oxygens (including phenoxy) is 1. The van der Waals surface area contributed by atoms with E-state index in [9.17, 15) is 36.3 Å². The molecule has 9 nitrogen and oxygen atoms in total. The minimum atomic E-state index is -4.66. The second kappa shape index (κ2) is 10.9. The van der Waals surface area contributed by atoms with Gasteiger partial charge in [0.1, 0.15) is 11.9 Å². The highest BCUT2D eigenvalue weighted by atomic mass is 19.4. The van der Waals surface area contributed by atoms with Crippen LogP contribution in [0.15, 0.2) is 24.3 Å². The number of carbonyl (C=O) groups excluding carboxylic acids is 3. The van der Waals surface area contributed by atoms with Crippen LogP contribution < -0.4 is 10.2 Å². The quantitative estimate of drug-likeness (QED) is 0.491. The summed E-state index contributed by atoms with van der Waals surface area (Å²) in [7, 11) is 0. The van der Waals surface area contributed by atoms with Crippen LogP contribution in [0.2, 0.25) is 0 Å². The van der Waals surface area contributed by atoms with E-state index in [0.717, 1.165) is 23.1 Å². The lowest BCUT2D eigenvalue weighted by molar-refractivity contribution is -0.137. The number of likely N-dealkylation sites (tertiary alicyclic amines) is 1. The molecular formula is C29H32F5N5O4. The molecule has 0 radical (unpaired) electrons. The number of halogens is 5. The van der Waals surface area contributed by atoms with E-state index in [4.69, 9.17) is 9.84 Å². The van der Waals surface area contributed by atoms with E-state index in [1.165, 1.54) is 11.0 Å². The van der Waals surface area contributed by atoms with E-state index in [1.54, 1.807) is 11.6 Å². The van der Waals surface area contributed by atoms with Crippen LogP contribution in [0.5, 0.6) is 0 Å². The summed E-state index contributed by atoms with van der Waals surface area (Å²) in [5, 5.41) is 7.38. The number of carbonyl (C=O) groups is 3. The average Bonchev–Trinajstić information content (AvgIpc) is 3.65. The molecule has 0 spiro atoms. The number of hydrogen-bond acceptors (Lipinski definition) is 5. The summed E-state index contributed by atoms with van der Waals surface area (Å²) < 4.78 is 75.5. The van der Waals surface area contributed by atoms with E-state index in [0.29, 0.717) is 50.3 Å². The smallest absolute Gasteiger partial charge is 0.381 e. The highest BCUT2D eigenvalue weighted by Gasteiger charge is 2.53. The van der Waals surface area contributed by atoms with Crippen molar-refractivity contribution in [3.63, 3.8) is 0 Å².